The summed E-state index contributed by atoms with van der Waals surface area (Å²) in [6.45, 7) is 1.10. The molecule has 80 valence electrons. The third kappa shape index (κ3) is 2.38. The number of aliphatic hydroxyl groups is 1. The van der Waals surface area contributed by atoms with Gasteiger partial charge in [0.05, 0.1) is 6.10 Å². The fraction of sp³-hybridized carbons (Fsp3) is 0.364. The maximum absolute atomic E-state index is 11.9. The van der Waals surface area contributed by atoms with Crippen molar-refractivity contribution in [3.05, 3.63) is 34.3 Å². The molecular weight excluding hydrogens is 258 g/mol. The van der Waals surface area contributed by atoms with Crippen LogP contribution in [0.4, 0.5) is 0 Å². The molecule has 1 saturated heterocycles. The van der Waals surface area contributed by atoms with Crippen LogP contribution in [0.3, 0.4) is 0 Å². The summed E-state index contributed by atoms with van der Waals surface area (Å²) in [5.41, 5.74) is 0.665. The minimum Gasteiger partial charge on any atom is -0.391 e. The molecule has 0 radical (unpaired) electrons. The first-order valence-electron chi connectivity index (χ1n) is 4.90. The summed E-state index contributed by atoms with van der Waals surface area (Å²) < 4.78 is 0.896. The van der Waals surface area contributed by atoms with Gasteiger partial charge in [-0.2, -0.15) is 0 Å². The van der Waals surface area contributed by atoms with Crippen molar-refractivity contribution in [3.8, 4) is 0 Å². The molecule has 4 heteroatoms. The molecule has 1 aliphatic rings. The van der Waals surface area contributed by atoms with Gasteiger partial charge >= 0.3 is 0 Å². The van der Waals surface area contributed by atoms with Gasteiger partial charge in [-0.25, -0.2) is 0 Å². The van der Waals surface area contributed by atoms with Crippen LogP contribution < -0.4 is 0 Å². The second-order valence-electron chi connectivity index (χ2n) is 3.70. The van der Waals surface area contributed by atoms with Gasteiger partial charge in [-0.3, -0.25) is 4.79 Å². The maximum Gasteiger partial charge on any atom is 0.253 e. The normalized spacial score (nSPS) is 20.7. The van der Waals surface area contributed by atoms with Crippen LogP contribution >= 0.6 is 15.9 Å². The number of hydrogen-bond acceptors (Lipinski definition) is 2. The van der Waals surface area contributed by atoms with Crippen molar-refractivity contribution in [2.75, 3.05) is 13.1 Å². The number of benzene rings is 1. The third-order valence-corrected chi connectivity index (χ3v) is 3.02. The minimum absolute atomic E-state index is 0.00662. The molecule has 1 atom stereocenters. The fourth-order valence-corrected chi connectivity index (χ4v) is 2.13. The summed E-state index contributed by atoms with van der Waals surface area (Å²) in [6.07, 6.45) is 0.320. The number of amides is 1. The highest BCUT2D eigenvalue weighted by atomic mass is 79.9. The van der Waals surface area contributed by atoms with Gasteiger partial charge in [0, 0.05) is 23.1 Å². The topological polar surface area (TPSA) is 40.5 Å². The lowest BCUT2D eigenvalue weighted by Gasteiger charge is -2.15. The number of β-amino-alcohol motifs (C(OH)–C–C–N with tert-alkyl or cyclic N) is 1. The molecule has 1 aromatic carbocycles. The molecule has 0 unspecified atom stereocenters. The van der Waals surface area contributed by atoms with Gasteiger partial charge in [-0.1, -0.05) is 22.0 Å². The number of carbonyl (C=O) groups is 1. The Morgan fingerprint density at radius 2 is 2.33 bits per heavy atom. The summed E-state index contributed by atoms with van der Waals surface area (Å²) in [7, 11) is 0. The van der Waals surface area contributed by atoms with Gasteiger partial charge in [0.1, 0.15) is 0 Å². The summed E-state index contributed by atoms with van der Waals surface area (Å²) in [6, 6.07) is 7.31. The van der Waals surface area contributed by atoms with Crippen molar-refractivity contribution in [2.45, 2.75) is 12.5 Å². The van der Waals surface area contributed by atoms with Crippen LogP contribution in [-0.4, -0.2) is 35.1 Å². The third-order valence-electron chi connectivity index (χ3n) is 2.52. The van der Waals surface area contributed by atoms with E-state index in [1.54, 1.807) is 17.0 Å². The highest BCUT2D eigenvalue weighted by Gasteiger charge is 2.25. The predicted molar refractivity (Wildman–Crippen MR) is 60.7 cm³/mol. The molecule has 1 heterocycles. The first kappa shape index (κ1) is 10.6. The first-order chi connectivity index (χ1) is 7.16. The lowest BCUT2D eigenvalue weighted by atomic mass is 10.2. The van der Waals surface area contributed by atoms with Crippen molar-refractivity contribution in [1.82, 2.24) is 4.90 Å². The van der Waals surface area contributed by atoms with Gasteiger partial charge in [-0.15, -0.1) is 0 Å². The summed E-state index contributed by atoms with van der Waals surface area (Å²) >= 11 is 3.33. The molecule has 1 aliphatic heterocycles. The maximum atomic E-state index is 11.9. The minimum atomic E-state index is -0.360. The van der Waals surface area contributed by atoms with Gasteiger partial charge in [0.2, 0.25) is 0 Å². The van der Waals surface area contributed by atoms with E-state index >= 15 is 0 Å². The number of carbonyl (C=O) groups excluding carboxylic acids is 1. The smallest absolute Gasteiger partial charge is 0.253 e. The number of likely N-dealkylation sites (tertiary alicyclic amines) is 1. The van der Waals surface area contributed by atoms with Crippen LogP contribution in [0, 0.1) is 0 Å². The zero-order chi connectivity index (χ0) is 10.8. The van der Waals surface area contributed by atoms with E-state index in [1.165, 1.54) is 0 Å². The predicted octanol–water partition coefficient (Wildman–Crippen LogP) is 1.66. The molecule has 1 aromatic rings. The van der Waals surface area contributed by atoms with Gasteiger partial charge in [-0.05, 0) is 24.6 Å². The quantitative estimate of drug-likeness (QED) is 0.843. The molecular formula is C11H12BrNO2. The molecule has 2 rings (SSSR count). The highest BCUT2D eigenvalue weighted by Crippen LogP contribution is 2.16. The van der Waals surface area contributed by atoms with Gasteiger partial charge < -0.3 is 10.0 Å². The number of halogens is 1. The average Bonchev–Trinajstić information content (AvgIpc) is 2.64. The molecule has 3 nitrogen and oxygen atoms in total. The second-order valence-corrected chi connectivity index (χ2v) is 4.62. The van der Waals surface area contributed by atoms with E-state index in [0.717, 1.165) is 4.47 Å². The van der Waals surface area contributed by atoms with Crippen LogP contribution in [0.1, 0.15) is 16.8 Å². The first-order valence-corrected chi connectivity index (χ1v) is 5.69. The molecule has 0 aromatic heterocycles. The lowest BCUT2D eigenvalue weighted by molar-refractivity contribution is 0.0765. The molecule has 0 saturated carbocycles. The zero-order valence-corrected chi connectivity index (χ0v) is 9.77. The number of nitrogens with zero attached hydrogens (tertiary/aromatic N) is 1. The van der Waals surface area contributed by atoms with E-state index in [-0.39, 0.29) is 12.0 Å². The van der Waals surface area contributed by atoms with Crippen molar-refractivity contribution in [2.24, 2.45) is 0 Å². The van der Waals surface area contributed by atoms with E-state index in [0.29, 0.717) is 25.1 Å². The van der Waals surface area contributed by atoms with Gasteiger partial charge in [0.15, 0.2) is 0 Å². The average molecular weight is 270 g/mol. The van der Waals surface area contributed by atoms with Crippen molar-refractivity contribution in [3.63, 3.8) is 0 Å². The Labute approximate surface area is 96.8 Å². The van der Waals surface area contributed by atoms with Crippen molar-refractivity contribution >= 4 is 21.8 Å². The van der Waals surface area contributed by atoms with E-state index in [2.05, 4.69) is 15.9 Å². The molecule has 0 bridgehead atoms. The van der Waals surface area contributed by atoms with Crippen molar-refractivity contribution < 1.29 is 9.90 Å². The number of aliphatic hydroxyl groups excluding tert-OH is 1. The Balaban J connectivity index is 2.14. The lowest BCUT2D eigenvalue weighted by Crippen LogP contribution is -2.29. The fourth-order valence-electron chi connectivity index (χ4n) is 1.73. The molecule has 1 N–H and O–H groups in total. The molecule has 1 fully saturated rings. The van der Waals surface area contributed by atoms with Crippen molar-refractivity contribution in [1.29, 1.82) is 0 Å². The van der Waals surface area contributed by atoms with E-state index in [1.807, 2.05) is 12.1 Å². The molecule has 0 spiro atoms. The largest absolute Gasteiger partial charge is 0.391 e. The Morgan fingerprint density at radius 1 is 1.53 bits per heavy atom. The Morgan fingerprint density at radius 3 is 2.93 bits per heavy atom. The van der Waals surface area contributed by atoms with E-state index < -0.39 is 0 Å². The molecule has 1 amide bonds. The summed E-state index contributed by atoms with van der Waals surface area (Å²) in [5, 5.41) is 9.35. The highest BCUT2D eigenvalue weighted by molar-refractivity contribution is 9.10. The van der Waals surface area contributed by atoms with Crippen LogP contribution in [0.15, 0.2) is 28.7 Å². The van der Waals surface area contributed by atoms with Crippen LogP contribution in [-0.2, 0) is 0 Å². The Kier molecular flexibility index (Phi) is 3.07. The summed E-state index contributed by atoms with van der Waals surface area (Å²) in [4.78, 5) is 13.6. The number of rotatable bonds is 1. The molecule has 0 aliphatic carbocycles. The monoisotopic (exact) mass is 269 g/mol. The van der Waals surface area contributed by atoms with Gasteiger partial charge in [0.25, 0.3) is 5.91 Å². The van der Waals surface area contributed by atoms with E-state index in [9.17, 15) is 9.90 Å². The molecule has 15 heavy (non-hydrogen) atoms. The summed E-state index contributed by atoms with van der Waals surface area (Å²) in [5.74, 6) is -0.00662. The Bertz CT molecular complexity index is 381. The number of hydrogen-bond donors (Lipinski definition) is 1. The van der Waals surface area contributed by atoms with Crippen LogP contribution in [0.2, 0.25) is 0 Å². The van der Waals surface area contributed by atoms with E-state index in [4.69, 9.17) is 0 Å². The van der Waals surface area contributed by atoms with Crippen LogP contribution in [0.25, 0.3) is 0 Å². The van der Waals surface area contributed by atoms with Crippen LogP contribution in [0.5, 0.6) is 0 Å². The zero-order valence-electron chi connectivity index (χ0n) is 8.19. The SMILES string of the molecule is O=C(c1cccc(Br)c1)N1CC[C@H](O)C1. The standard InChI is InChI=1S/C11H12BrNO2/c12-9-3-1-2-8(6-9)11(15)13-5-4-10(14)7-13/h1-3,6,10,14H,4-5,7H2/t10-/m0/s1. The Hall–Kier alpha value is -0.870. The second kappa shape index (κ2) is 4.33.